The van der Waals surface area contributed by atoms with Gasteiger partial charge in [-0.2, -0.15) is 0 Å². The largest absolute Gasteiger partial charge is 0.390 e. The summed E-state index contributed by atoms with van der Waals surface area (Å²) < 4.78 is 16.8. The minimum atomic E-state index is -1.71. The van der Waals surface area contributed by atoms with E-state index in [1.54, 1.807) is 6.08 Å². The minimum absolute atomic E-state index is 0.0854. The number of carbonyl (C=O) groups excluding carboxylic acids is 1. The zero-order valence-electron chi connectivity index (χ0n) is 15.8. The maximum atomic E-state index is 16.8. The zero-order chi connectivity index (χ0) is 18.4. The normalized spacial score (nSPS) is 58.2. The van der Waals surface area contributed by atoms with Crippen LogP contribution in [0.5, 0.6) is 0 Å². The van der Waals surface area contributed by atoms with Gasteiger partial charge in [0.15, 0.2) is 5.78 Å². The number of hydrogen-bond donors (Lipinski definition) is 2. The molecule has 0 radical (unpaired) electrons. The average molecular weight is 350 g/mol. The molecule has 25 heavy (non-hydrogen) atoms. The first-order valence-corrected chi connectivity index (χ1v) is 9.81. The monoisotopic (exact) mass is 350 g/mol. The number of fused-ring (bicyclic) bond motifs is 5. The average Bonchev–Trinajstić information content (AvgIpc) is 2.74. The van der Waals surface area contributed by atoms with Gasteiger partial charge in [0.05, 0.1) is 11.7 Å². The first-order valence-electron chi connectivity index (χ1n) is 9.81. The Kier molecular flexibility index (Phi) is 3.50. The summed E-state index contributed by atoms with van der Waals surface area (Å²) in [5.41, 5.74) is -2.90. The SMILES string of the molecule is C[C@H]1C[C@@]2(C)C(=CC1=O)CC[C@H]1[C@@H]3CC[C@@](C)(O)[C@@]3(C)C[C@H](O)[C@@]12F. The van der Waals surface area contributed by atoms with Crippen molar-refractivity contribution in [3.63, 3.8) is 0 Å². The van der Waals surface area contributed by atoms with E-state index in [4.69, 9.17) is 0 Å². The van der Waals surface area contributed by atoms with Crippen molar-refractivity contribution < 1.29 is 19.4 Å². The molecule has 0 aliphatic heterocycles. The third-order valence-corrected chi connectivity index (χ3v) is 8.91. The number of hydrogen-bond acceptors (Lipinski definition) is 3. The quantitative estimate of drug-likeness (QED) is 0.702. The number of halogens is 1. The highest BCUT2D eigenvalue weighted by Gasteiger charge is 2.72. The lowest BCUT2D eigenvalue weighted by molar-refractivity contribution is -0.226. The molecule has 4 heteroatoms. The fourth-order valence-electron chi connectivity index (χ4n) is 7.11. The lowest BCUT2D eigenvalue weighted by Gasteiger charge is -2.63. The molecule has 0 unspecified atom stereocenters. The van der Waals surface area contributed by atoms with E-state index >= 15 is 4.39 Å². The van der Waals surface area contributed by atoms with Crippen molar-refractivity contribution >= 4 is 5.78 Å². The second-order valence-electron chi connectivity index (χ2n) is 9.98. The Bertz CT molecular complexity index is 656. The van der Waals surface area contributed by atoms with Crippen LogP contribution in [0.3, 0.4) is 0 Å². The Labute approximate surface area is 149 Å². The third-order valence-electron chi connectivity index (χ3n) is 8.91. The van der Waals surface area contributed by atoms with Crippen LogP contribution in [0.15, 0.2) is 11.6 Å². The highest BCUT2D eigenvalue weighted by molar-refractivity contribution is 5.93. The number of alkyl halides is 1. The summed E-state index contributed by atoms with van der Waals surface area (Å²) in [6, 6.07) is 0. The van der Waals surface area contributed by atoms with Crippen LogP contribution in [0.2, 0.25) is 0 Å². The van der Waals surface area contributed by atoms with Crippen LogP contribution in [-0.4, -0.2) is 33.4 Å². The van der Waals surface area contributed by atoms with E-state index in [1.165, 1.54) is 0 Å². The van der Waals surface area contributed by atoms with Crippen molar-refractivity contribution in [1.29, 1.82) is 0 Å². The Morgan fingerprint density at radius 1 is 1.16 bits per heavy atom. The summed E-state index contributed by atoms with van der Waals surface area (Å²) in [6.07, 6.45) is 4.21. The lowest BCUT2D eigenvalue weighted by Crippen LogP contribution is -2.68. The standard InChI is InChI=1S/C21H31FO3/c1-12-10-18(2)13(9-16(12)23)5-6-15-14-7-8-20(4,25)19(14,3)11-17(24)21(15,18)22/h9,12,14-15,17,24-25H,5-8,10-11H2,1-4H3/t12-,14-,15-,17-,18-,19-,20+,21-/m0/s1. The number of rotatable bonds is 0. The van der Waals surface area contributed by atoms with Crippen LogP contribution in [0.1, 0.15) is 66.2 Å². The molecule has 0 spiro atoms. The third kappa shape index (κ3) is 1.91. The van der Waals surface area contributed by atoms with Crippen molar-refractivity contribution in [2.75, 3.05) is 0 Å². The van der Waals surface area contributed by atoms with Gasteiger partial charge in [0.2, 0.25) is 0 Å². The first kappa shape index (κ1) is 17.7. The Hall–Kier alpha value is -0.740. The van der Waals surface area contributed by atoms with Crippen molar-refractivity contribution in [2.45, 2.75) is 83.6 Å². The molecule has 3 saturated carbocycles. The van der Waals surface area contributed by atoms with Crippen LogP contribution in [0.4, 0.5) is 4.39 Å². The number of allylic oxidation sites excluding steroid dienone is 1. The fourth-order valence-corrected chi connectivity index (χ4v) is 7.11. The van der Waals surface area contributed by atoms with Gasteiger partial charge in [-0.1, -0.05) is 26.3 Å². The van der Waals surface area contributed by atoms with Crippen molar-refractivity contribution in [2.24, 2.45) is 28.6 Å². The van der Waals surface area contributed by atoms with E-state index in [0.29, 0.717) is 25.7 Å². The Morgan fingerprint density at radius 2 is 1.84 bits per heavy atom. The van der Waals surface area contributed by atoms with E-state index in [0.717, 1.165) is 18.4 Å². The van der Waals surface area contributed by atoms with E-state index in [9.17, 15) is 15.0 Å². The van der Waals surface area contributed by atoms with Gasteiger partial charge in [-0.15, -0.1) is 0 Å². The lowest BCUT2D eigenvalue weighted by atomic mass is 9.43. The van der Waals surface area contributed by atoms with E-state index in [1.807, 2.05) is 27.7 Å². The molecule has 4 rings (SSSR count). The van der Waals surface area contributed by atoms with E-state index < -0.39 is 28.2 Å². The van der Waals surface area contributed by atoms with Gasteiger partial charge in [0.25, 0.3) is 0 Å². The molecule has 0 bridgehead atoms. The van der Waals surface area contributed by atoms with Crippen molar-refractivity contribution in [3.05, 3.63) is 11.6 Å². The van der Waals surface area contributed by atoms with Gasteiger partial charge in [0.1, 0.15) is 5.67 Å². The predicted molar refractivity (Wildman–Crippen MR) is 93.6 cm³/mol. The molecule has 8 atom stereocenters. The molecular formula is C21H31FO3. The zero-order valence-corrected chi connectivity index (χ0v) is 15.8. The highest BCUT2D eigenvalue weighted by atomic mass is 19.1. The van der Waals surface area contributed by atoms with Crippen LogP contribution < -0.4 is 0 Å². The van der Waals surface area contributed by atoms with E-state index in [-0.39, 0.29) is 23.5 Å². The summed E-state index contributed by atoms with van der Waals surface area (Å²) in [6.45, 7) is 7.68. The molecule has 0 amide bonds. The minimum Gasteiger partial charge on any atom is -0.390 e. The number of aliphatic hydroxyl groups excluding tert-OH is 1. The summed E-state index contributed by atoms with van der Waals surface area (Å²) >= 11 is 0. The second kappa shape index (κ2) is 4.95. The van der Waals surface area contributed by atoms with Gasteiger partial charge in [0, 0.05) is 22.7 Å². The molecule has 3 fully saturated rings. The topological polar surface area (TPSA) is 57.5 Å². The number of carbonyl (C=O) groups is 1. The van der Waals surface area contributed by atoms with Crippen LogP contribution in [0.25, 0.3) is 0 Å². The summed E-state index contributed by atoms with van der Waals surface area (Å²) in [5.74, 6) is -0.277. The molecule has 0 saturated heterocycles. The van der Waals surface area contributed by atoms with Crippen molar-refractivity contribution in [3.8, 4) is 0 Å². The van der Waals surface area contributed by atoms with Crippen molar-refractivity contribution in [1.82, 2.24) is 0 Å². The van der Waals surface area contributed by atoms with Crippen LogP contribution >= 0.6 is 0 Å². The molecule has 2 N–H and O–H groups in total. The Morgan fingerprint density at radius 3 is 2.52 bits per heavy atom. The molecule has 4 aliphatic carbocycles. The maximum Gasteiger partial charge on any atom is 0.158 e. The predicted octanol–water partition coefficient (Wildman–Crippen LogP) is 3.58. The number of ketones is 1. The second-order valence-corrected chi connectivity index (χ2v) is 9.98. The molecule has 140 valence electrons. The van der Waals surface area contributed by atoms with Gasteiger partial charge < -0.3 is 10.2 Å². The molecule has 3 nitrogen and oxygen atoms in total. The van der Waals surface area contributed by atoms with Crippen LogP contribution in [0, 0.1) is 28.6 Å². The summed E-state index contributed by atoms with van der Waals surface area (Å²) in [5, 5.41) is 22.0. The van der Waals surface area contributed by atoms with Crippen LogP contribution in [-0.2, 0) is 4.79 Å². The molecule has 0 heterocycles. The summed E-state index contributed by atoms with van der Waals surface area (Å²) in [7, 11) is 0. The Balaban J connectivity index is 1.83. The molecule has 0 aromatic heterocycles. The van der Waals surface area contributed by atoms with Gasteiger partial charge >= 0.3 is 0 Å². The summed E-state index contributed by atoms with van der Waals surface area (Å²) in [4.78, 5) is 12.2. The van der Waals surface area contributed by atoms with E-state index in [2.05, 4.69) is 0 Å². The van der Waals surface area contributed by atoms with Gasteiger partial charge in [-0.25, -0.2) is 4.39 Å². The smallest absolute Gasteiger partial charge is 0.158 e. The maximum absolute atomic E-state index is 16.8. The van der Waals surface area contributed by atoms with Gasteiger partial charge in [-0.3, -0.25) is 4.79 Å². The first-order chi connectivity index (χ1) is 11.5. The fraction of sp³-hybridized carbons (Fsp3) is 0.857. The molecule has 0 aromatic carbocycles. The molecule has 4 aliphatic rings. The molecule has 0 aromatic rings. The number of aliphatic hydroxyl groups is 2. The van der Waals surface area contributed by atoms with Gasteiger partial charge in [-0.05, 0) is 57.4 Å². The highest BCUT2D eigenvalue weighted by Crippen LogP contribution is 2.70. The molecular weight excluding hydrogens is 319 g/mol.